The van der Waals surface area contributed by atoms with E-state index in [0.29, 0.717) is 0 Å². The minimum absolute atomic E-state index is 0.0842. The Morgan fingerprint density at radius 3 is 2.61 bits per heavy atom. The Labute approximate surface area is 139 Å². The highest BCUT2D eigenvalue weighted by molar-refractivity contribution is 7.15. The van der Waals surface area contributed by atoms with E-state index in [-0.39, 0.29) is 5.56 Å². The number of nitrogens with zero attached hydrogens (tertiary/aromatic N) is 1. The SMILES string of the molecule is Cc1ccc(C)c(Cc2ccc(-c3ccc(C#N)c(F)c3)s2)c1. The summed E-state index contributed by atoms with van der Waals surface area (Å²) in [6, 6.07) is 17.2. The van der Waals surface area contributed by atoms with E-state index in [1.54, 1.807) is 17.4 Å². The first-order valence-corrected chi connectivity index (χ1v) is 8.23. The summed E-state index contributed by atoms with van der Waals surface area (Å²) in [4.78, 5) is 2.27. The molecule has 0 spiro atoms. The number of hydrogen-bond donors (Lipinski definition) is 0. The summed E-state index contributed by atoms with van der Waals surface area (Å²) in [5.74, 6) is -0.463. The van der Waals surface area contributed by atoms with Crippen molar-refractivity contribution < 1.29 is 4.39 Å². The molecular formula is C20H16FNS. The van der Waals surface area contributed by atoms with E-state index in [9.17, 15) is 4.39 Å². The summed E-state index contributed by atoms with van der Waals surface area (Å²) in [7, 11) is 0. The van der Waals surface area contributed by atoms with Crippen molar-refractivity contribution in [3.63, 3.8) is 0 Å². The molecule has 0 bridgehead atoms. The van der Waals surface area contributed by atoms with Crippen molar-refractivity contribution in [3.05, 3.63) is 81.5 Å². The van der Waals surface area contributed by atoms with Gasteiger partial charge in [-0.05, 0) is 54.8 Å². The van der Waals surface area contributed by atoms with Gasteiger partial charge in [0.1, 0.15) is 11.9 Å². The average molecular weight is 321 g/mol. The van der Waals surface area contributed by atoms with Gasteiger partial charge in [0.05, 0.1) is 5.56 Å². The van der Waals surface area contributed by atoms with Crippen LogP contribution in [0.5, 0.6) is 0 Å². The molecule has 0 atom stereocenters. The molecule has 1 nitrogen and oxygen atoms in total. The minimum Gasteiger partial charge on any atom is -0.206 e. The van der Waals surface area contributed by atoms with E-state index in [1.807, 2.05) is 12.1 Å². The molecule has 0 saturated carbocycles. The highest BCUT2D eigenvalue weighted by Crippen LogP contribution is 2.31. The van der Waals surface area contributed by atoms with Gasteiger partial charge in [0.15, 0.2) is 0 Å². The first kappa shape index (κ1) is 15.5. The topological polar surface area (TPSA) is 23.8 Å². The summed E-state index contributed by atoms with van der Waals surface area (Å²) in [6.07, 6.45) is 0.886. The zero-order valence-electron chi connectivity index (χ0n) is 13.1. The molecule has 23 heavy (non-hydrogen) atoms. The predicted molar refractivity (Wildman–Crippen MR) is 93.2 cm³/mol. The van der Waals surface area contributed by atoms with Crippen LogP contribution in [-0.4, -0.2) is 0 Å². The Morgan fingerprint density at radius 2 is 1.87 bits per heavy atom. The highest BCUT2D eigenvalue weighted by Gasteiger charge is 2.08. The van der Waals surface area contributed by atoms with Crippen LogP contribution in [0.15, 0.2) is 48.5 Å². The molecule has 114 valence electrons. The largest absolute Gasteiger partial charge is 0.206 e. The number of rotatable bonds is 3. The maximum absolute atomic E-state index is 13.8. The number of halogens is 1. The molecule has 0 aliphatic rings. The van der Waals surface area contributed by atoms with Gasteiger partial charge in [0, 0.05) is 16.2 Å². The van der Waals surface area contributed by atoms with Gasteiger partial charge in [-0.25, -0.2) is 4.39 Å². The summed E-state index contributed by atoms with van der Waals surface area (Å²) < 4.78 is 13.8. The van der Waals surface area contributed by atoms with Gasteiger partial charge >= 0.3 is 0 Å². The number of benzene rings is 2. The van der Waals surface area contributed by atoms with E-state index in [2.05, 4.69) is 38.1 Å². The van der Waals surface area contributed by atoms with Crippen molar-refractivity contribution in [3.8, 4) is 16.5 Å². The number of aryl methyl sites for hydroxylation is 2. The Bertz CT molecular complexity index is 902. The van der Waals surface area contributed by atoms with Crippen molar-refractivity contribution in [2.24, 2.45) is 0 Å². The van der Waals surface area contributed by atoms with Crippen LogP contribution in [0.4, 0.5) is 4.39 Å². The second-order valence-corrected chi connectivity index (χ2v) is 6.85. The van der Waals surface area contributed by atoms with Crippen LogP contribution in [0.3, 0.4) is 0 Å². The molecule has 0 aliphatic heterocycles. The zero-order chi connectivity index (χ0) is 16.4. The third kappa shape index (κ3) is 3.33. The molecule has 0 radical (unpaired) electrons. The molecule has 0 fully saturated rings. The summed E-state index contributed by atoms with van der Waals surface area (Å²) in [6.45, 7) is 4.22. The lowest BCUT2D eigenvalue weighted by Crippen LogP contribution is -1.90. The van der Waals surface area contributed by atoms with Gasteiger partial charge in [-0.3, -0.25) is 0 Å². The third-order valence-electron chi connectivity index (χ3n) is 3.91. The number of thiophene rings is 1. The minimum atomic E-state index is -0.463. The maximum Gasteiger partial charge on any atom is 0.141 e. The lowest BCUT2D eigenvalue weighted by Gasteiger charge is -2.05. The lowest BCUT2D eigenvalue weighted by molar-refractivity contribution is 0.624. The molecule has 3 aromatic rings. The van der Waals surface area contributed by atoms with Gasteiger partial charge in [-0.2, -0.15) is 5.26 Å². The van der Waals surface area contributed by atoms with E-state index in [4.69, 9.17) is 5.26 Å². The number of nitriles is 1. The monoisotopic (exact) mass is 321 g/mol. The molecule has 0 N–H and O–H groups in total. The molecule has 3 rings (SSSR count). The quantitative estimate of drug-likeness (QED) is 0.613. The van der Waals surface area contributed by atoms with Gasteiger partial charge in [0.2, 0.25) is 0 Å². The van der Waals surface area contributed by atoms with Gasteiger partial charge < -0.3 is 0 Å². The maximum atomic E-state index is 13.8. The standard InChI is InChI=1S/C20H16FNS/c1-13-3-4-14(2)17(9-13)10-18-7-8-20(23-18)15-5-6-16(12-22)19(21)11-15/h3-9,11H,10H2,1-2H3. The summed E-state index contributed by atoms with van der Waals surface area (Å²) >= 11 is 1.67. The van der Waals surface area contributed by atoms with Gasteiger partial charge in [-0.1, -0.05) is 29.8 Å². The van der Waals surface area contributed by atoms with Crippen LogP contribution in [0.25, 0.3) is 10.4 Å². The van der Waals surface area contributed by atoms with E-state index >= 15 is 0 Å². The predicted octanol–water partition coefficient (Wildman–Crippen LogP) is 5.63. The summed E-state index contributed by atoms with van der Waals surface area (Å²) in [5, 5.41) is 8.81. The Hall–Kier alpha value is -2.44. The Morgan fingerprint density at radius 1 is 1.04 bits per heavy atom. The molecule has 0 aliphatic carbocycles. The van der Waals surface area contributed by atoms with Crippen LogP contribution >= 0.6 is 11.3 Å². The van der Waals surface area contributed by atoms with Crippen LogP contribution < -0.4 is 0 Å². The molecule has 0 unspecified atom stereocenters. The molecule has 2 aromatic carbocycles. The lowest BCUT2D eigenvalue weighted by atomic mass is 10.0. The van der Waals surface area contributed by atoms with Crippen molar-refractivity contribution in [2.75, 3.05) is 0 Å². The molecule has 0 saturated heterocycles. The smallest absolute Gasteiger partial charge is 0.141 e. The van der Waals surface area contributed by atoms with Crippen LogP contribution in [0.2, 0.25) is 0 Å². The molecule has 0 amide bonds. The van der Waals surface area contributed by atoms with Crippen LogP contribution in [0.1, 0.15) is 27.1 Å². The van der Waals surface area contributed by atoms with Crippen LogP contribution in [-0.2, 0) is 6.42 Å². The normalized spacial score (nSPS) is 10.5. The fourth-order valence-electron chi connectivity index (χ4n) is 2.57. The molecular weight excluding hydrogens is 305 g/mol. The fourth-order valence-corrected chi connectivity index (χ4v) is 3.59. The highest BCUT2D eigenvalue weighted by atomic mass is 32.1. The van der Waals surface area contributed by atoms with Crippen molar-refractivity contribution >= 4 is 11.3 Å². The first-order chi connectivity index (χ1) is 11.1. The van der Waals surface area contributed by atoms with E-state index < -0.39 is 5.82 Å². The van der Waals surface area contributed by atoms with Crippen molar-refractivity contribution in [1.82, 2.24) is 0 Å². The Balaban J connectivity index is 1.87. The van der Waals surface area contributed by atoms with Crippen LogP contribution in [0, 0.1) is 31.0 Å². The number of hydrogen-bond acceptors (Lipinski definition) is 2. The second-order valence-electron chi connectivity index (χ2n) is 5.68. The molecule has 1 aromatic heterocycles. The van der Waals surface area contributed by atoms with Gasteiger partial charge in [-0.15, -0.1) is 11.3 Å². The zero-order valence-corrected chi connectivity index (χ0v) is 13.9. The van der Waals surface area contributed by atoms with E-state index in [1.165, 1.54) is 33.7 Å². The van der Waals surface area contributed by atoms with E-state index in [0.717, 1.165) is 16.9 Å². The fraction of sp³-hybridized carbons (Fsp3) is 0.150. The molecule has 3 heteroatoms. The average Bonchev–Trinajstić information content (AvgIpc) is 2.99. The van der Waals surface area contributed by atoms with Crippen molar-refractivity contribution in [2.45, 2.75) is 20.3 Å². The first-order valence-electron chi connectivity index (χ1n) is 7.41. The second kappa shape index (κ2) is 6.36. The Kier molecular flexibility index (Phi) is 4.27. The van der Waals surface area contributed by atoms with Gasteiger partial charge in [0.25, 0.3) is 0 Å². The molecule has 1 heterocycles. The summed E-state index contributed by atoms with van der Waals surface area (Å²) in [5.41, 5.74) is 4.77. The third-order valence-corrected chi connectivity index (χ3v) is 5.04. The van der Waals surface area contributed by atoms with Crippen molar-refractivity contribution in [1.29, 1.82) is 5.26 Å².